The Labute approximate surface area is 106 Å². The van der Waals surface area contributed by atoms with Crippen molar-refractivity contribution in [2.24, 2.45) is 0 Å². The van der Waals surface area contributed by atoms with Crippen molar-refractivity contribution in [3.63, 3.8) is 0 Å². The van der Waals surface area contributed by atoms with Gasteiger partial charge in [0.15, 0.2) is 0 Å². The normalized spacial score (nSPS) is 12.4. The Balaban J connectivity index is 2.50. The van der Waals surface area contributed by atoms with Crippen LogP contribution >= 0.6 is 0 Å². The molecule has 0 aliphatic rings. The molecule has 1 heteroatoms. The number of aryl methyl sites for hydroxylation is 1. The van der Waals surface area contributed by atoms with Crippen molar-refractivity contribution in [1.82, 2.24) is 0 Å². The van der Waals surface area contributed by atoms with E-state index in [0.29, 0.717) is 6.10 Å². The maximum atomic E-state index is 6.13. The van der Waals surface area contributed by atoms with E-state index in [1.165, 1.54) is 37.7 Å². The third kappa shape index (κ3) is 5.25. The number of hydrogen-bond donors (Lipinski definition) is 0. The minimum Gasteiger partial charge on any atom is -0.490 e. The molecule has 1 unspecified atom stereocenters. The van der Waals surface area contributed by atoms with Crippen molar-refractivity contribution >= 4 is 0 Å². The Kier molecular flexibility index (Phi) is 6.76. The monoisotopic (exact) mass is 234 g/mol. The number of unbranched alkanes of at least 4 members (excludes halogenated alkanes) is 2. The van der Waals surface area contributed by atoms with Crippen molar-refractivity contribution < 1.29 is 4.74 Å². The van der Waals surface area contributed by atoms with E-state index in [1.54, 1.807) is 0 Å². The Bertz CT molecular complexity index is 306. The lowest BCUT2D eigenvalue weighted by Crippen LogP contribution is -2.16. The fraction of sp³-hybridized carbons (Fsp3) is 0.625. The molecule has 0 spiro atoms. The Morgan fingerprint density at radius 1 is 1.00 bits per heavy atom. The van der Waals surface area contributed by atoms with Gasteiger partial charge in [-0.1, -0.05) is 51.3 Å². The molecule has 17 heavy (non-hydrogen) atoms. The Morgan fingerprint density at radius 3 is 2.41 bits per heavy atom. The van der Waals surface area contributed by atoms with Crippen molar-refractivity contribution in [3.05, 3.63) is 29.8 Å². The van der Waals surface area contributed by atoms with Crippen LogP contribution in [0.3, 0.4) is 0 Å². The lowest BCUT2D eigenvalue weighted by atomic mass is 10.1. The molecule has 0 saturated carbocycles. The maximum Gasteiger partial charge on any atom is 0.122 e. The number of ether oxygens (including phenoxy) is 1. The third-order valence-electron chi connectivity index (χ3n) is 3.13. The highest BCUT2D eigenvalue weighted by Gasteiger charge is 2.10. The summed E-state index contributed by atoms with van der Waals surface area (Å²) in [4.78, 5) is 0. The molecule has 0 aliphatic heterocycles. The van der Waals surface area contributed by atoms with Crippen molar-refractivity contribution in [1.29, 1.82) is 0 Å². The summed E-state index contributed by atoms with van der Waals surface area (Å²) < 4.78 is 6.13. The SMILES string of the molecule is CCCCCC(CCC)Oc1ccccc1C. The van der Waals surface area contributed by atoms with E-state index < -0.39 is 0 Å². The van der Waals surface area contributed by atoms with Gasteiger partial charge in [0.1, 0.15) is 5.75 Å². The quantitative estimate of drug-likeness (QED) is 0.567. The highest BCUT2D eigenvalue weighted by molar-refractivity contribution is 5.31. The first kappa shape index (κ1) is 14.1. The average Bonchev–Trinajstić information content (AvgIpc) is 2.32. The smallest absolute Gasteiger partial charge is 0.122 e. The van der Waals surface area contributed by atoms with E-state index in [1.807, 2.05) is 0 Å². The van der Waals surface area contributed by atoms with E-state index in [0.717, 1.165) is 12.2 Å². The predicted molar refractivity (Wildman–Crippen MR) is 74.6 cm³/mol. The van der Waals surface area contributed by atoms with Gasteiger partial charge in [0.2, 0.25) is 0 Å². The highest BCUT2D eigenvalue weighted by Crippen LogP contribution is 2.21. The van der Waals surface area contributed by atoms with Gasteiger partial charge in [-0.3, -0.25) is 0 Å². The van der Waals surface area contributed by atoms with Crippen LogP contribution in [0, 0.1) is 6.92 Å². The van der Waals surface area contributed by atoms with E-state index in [-0.39, 0.29) is 0 Å². The predicted octanol–water partition coefficient (Wildman–Crippen LogP) is 5.12. The molecular formula is C16H26O. The first-order chi connectivity index (χ1) is 8.27. The molecule has 0 aliphatic carbocycles. The molecule has 0 bridgehead atoms. The zero-order valence-electron chi connectivity index (χ0n) is 11.5. The molecule has 0 fully saturated rings. The van der Waals surface area contributed by atoms with Crippen molar-refractivity contribution in [2.75, 3.05) is 0 Å². The lowest BCUT2D eigenvalue weighted by molar-refractivity contribution is 0.175. The zero-order chi connectivity index (χ0) is 12.5. The van der Waals surface area contributed by atoms with Gasteiger partial charge < -0.3 is 4.74 Å². The van der Waals surface area contributed by atoms with Gasteiger partial charge in [0.05, 0.1) is 6.10 Å². The summed E-state index contributed by atoms with van der Waals surface area (Å²) >= 11 is 0. The van der Waals surface area contributed by atoms with E-state index in [4.69, 9.17) is 4.74 Å². The Morgan fingerprint density at radius 2 is 1.76 bits per heavy atom. The van der Waals surface area contributed by atoms with Crippen LogP contribution in [0.25, 0.3) is 0 Å². The first-order valence-corrected chi connectivity index (χ1v) is 7.00. The fourth-order valence-electron chi connectivity index (χ4n) is 2.07. The Hall–Kier alpha value is -0.980. The van der Waals surface area contributed by atoms with E-state index in [2.05, 4.69) is 45.0 Å². The van der Waals surface area contributed by atoms with E-state index in [9.17, 15) is 0 Å². The first-order valence-electron chi connectivity index (χ1n) is 7.00. The molecular weight excluding hydrogens is 208 g/mol. The van der Waals surface area contributed by atoms with Crippen LogP contribution in [0.4, 0.5) is 0 Å². The summed E-state index contributed by atoms with van der Waals surface area (Å²) in [6.45, 7) is 6.59. The maximum absolute atomic E-state index is 6.13. The van der Waals surface area contributed by atoms with Gasteiger partial charge in [0, 0.05) is 0 Å². The summed E-state index contributed by atoms with van der Waals surface area (Å²) in [5.41, 5.74) is 1.24. The largest absolute Gasteiger partial charge is 0.490 e. The van der Waals surface area contributed by atoms with Gasteiger partial charge in [-0.05, 0) is 37.8 Å². The van der Waals surface area contributed by atoms with Gasteiger partial charge in [-0.15, -0.1) is 0 Å². The third-order valence-corrected chi connectivity index (χ3v) is 3.13. The van der Waals surface area contributed by atoms with Crippen LogP contribution in [0.5, 0.6) is 5.75 Å². The number of hydrogen-bond acceptors (Lipinski definition) is 1. The number of para-hydroxylation sites is 1. The average molecular weight is 234 g/mol. The topological polar surface area (TPSA) is 9.23 Å². The molecule has 0 radical (unpaired) electrons. The summed E-state index contributed by atoms with van der Waals surface area (Å²) in [6, 6.07) is 8.31. The van der Waals surface area contributed by atoms with Gasteiger partial charge in [-0.25, -0.2) is 0 Å². The minimum atomic E-state index is 0.396. The molecule has 1 aromatic rings. The molecule has 1 nitrogen and oxygen atoms in total. The van der Waals surface area contributed by atoms with E-state index >= 15 is 0 Å². The van der Waals surface area contributed by atoms with Gasteiger partial charge in [0.25, 0.3) is 0 Å². The van der Waals surface area contributed by atoms with Crippen LogP contribution in [0.1, 0.15) is 57.9 Å². The lowest BCUT2D eigenvalue weighted by Gasteiger charge is -2.19. The van der Waals surface area contributed by atoms with Crippen LogP contribution in [-0.4, -0.2) is 6.10 Å². The summed E-state index contributed by atoms with van der Waals surface area (Å²) in [6.07, 6.45) is 7.83. The molecule has 0 aromatic heterocycles. The second-order valence-corrected chi connectivity index (χ2v) is 4.79. The molecule has 1 aromatic carbocycles. The van der Waals surface area contributed by atoms with Crippen LogP contribution in [-0.2, 0) is 0 Å². The molecule has 1 atom stereocenters. The minimum absolute atomic E-state index is 0.396. The van der Waals surface area contributed by atoms with Crippen molar-refractivity contribution in [2.45, 2.75) is 65.4 Å². The molecule has 0 amide bonds. The van der Waals surface area contributed by atoms with Crippen LogP contribution in [0.2, 0.25) is 0 Å². The second-order valence-electron chi connectivity index (χ2n) is 4.79. The number of benzene rings is 1. The number of rotatable bonds is 8. The standard InChI is InChI=1S/C16H26O/c1-4-6-7-12-15(10-5-2)17-16-13-9-8-11-14(16)3/h8-9,11,13,15H,4-7,10,12H2,1-3H3. The molecule has 0 saturated heterocycles. The highest BCUT2D eigenvalue weighted by atomic mass is 16.5. The summed E-state index contributed by atoms with van der Waals surface area (Å²) in [7, 11) is 0. The summed E-state index contributed by atoms with van der Waals surface area (Å²) in [5.74, 6) is 1.06. The van der Waals surface area contributed by atoms with Crippen molar-refractivity contribution in [3.8, 4) is 5.75 Å². The zero-order valence-corrected chi connectivity index (χ0v) is 11.5. The van der Waals surface area contributed by atoms with Crippen LogP contribution in [0.15, 0.2) is 24.3 Å². The van der Waals surface area contributed by atoms with Gasteiger partial charge in [-0.2, -0.15) is 0 Å². The fourth-order valence-corrected chi connectivity index (χ4v) is 2.07. The molecule has 0 N–H and O–H groups in total. The second kappa shape index (κ2) is 8.16. The molecule has 0 heterocycles. The van der Waals surface area contributed by atoms with Gasteiger partial charge >= 0.3 is 0 Å². The summed E-state index contributed by atoms with van der Waals surface area (Å²) in [5, 5.41) is 0. The molecule has 1 rings (SSSR count). The molecule has 96 valence electrons. The van der Waals surface area contributed by atoms with Crippen LogP contribution < -0.4 is 4.74 Å².